The zero-order chi connectivity index (χ0) is 19.5. The van der Waals surface area contributed by atoms with Crippen LogP contribution in [-0.4, -0.2) is 53.3 Å². The molecule has 2 N–H and O–H groups in total. The van der Waals surface area contributed by atoms with Crippen molar-refractivity contribution in [3.63, 3.8) is 0 Å². The topological polar surface area (TPSA) is 87.1 Å². The van der Waals surface area contributed by atoms with Crippen molar-refractivity contribution in [1.29, 1.82) is 0 Å². The van der Waals surface area contributed by atoms with Gasteiger partial charge in [-0.15, -0.1) is 0 Å². The monoisotopic (exact) mass is 385 g/mol. The molecule has 6 nitrogen and oxygen atoms in total. The minimum Gasteiger partial charge on any atom is -0.492 e. The molecule has 146 valence electrons. The van der Waals surface area contributed by atoms with Gasteiger partial charge in [-0.05, 0) is 75.9 Å². The lowest BCUT2D eigenvalue weighted by atomic mass is 9.99. The van der Waals surface area contributed by atoms with Gasteiger partial charge in [0, 0.05) is 0 Å². The second-order valence-corrected chi connectivity index (χ2v) is 7.03. The Morgan fingerprint density at radius 2 is 1.81 bits per heavy atom. The largest absolute Gasteiger partial charge is 0.492 e. The first-order chi connectivity index (χ1) is 12.3. The predicted molar refractivity (Wildman–Crippen MR) is 101 cm³/mol. The quantitative estimate of drug-likeness (QED) is 0.573. The lowest BCUT2D eigenvalue weighted by Crippen LogP contribution is -2.33. The summed E-state index contributed by atoms with van der Waals surface area (Å²) in [6.45, 7) is 8.92. The first-order valence-corrected chi connectivity index (χ1v) is 9.25. The van der Waals surface area contributed by atoms with Gasteiger partial charge in [0.2, 0.25) is 0 Å². The van der Waals surface area contributed by atoms with E-state index in [0.29, 0.717) is 5.02 Å². The van der Waals surface area contributed by atoms with Crippen LogP contribution in [0.15, 0.2) is 18.2 Å². The molecule has 0 atom stereocenters. The molecule has 0 aliphatic carbocycles. The molecule has 0 aromatic heterocycles. The van der Waals surface area contributed by atoms with E-state index in [1.165, 1.54) is 44.5 Å². The van der Waals surface area contributed by atoms with Crippen molar-refractivity contribution in [3.05, 3.63) is 28.8 Å². The van der Waals surface area contributed by atoms with E-state index in [0.717, 1.165) is 24.7 Å². The summed E-state index contributed by atoms with van der Waals surface area (Å²) in [5.41, 5.74) is 1.19. The molecule has 0 radical (unpaired) electrons. The van der Waals surface area contributed by atoms with Crippen molar-refractivity contribution in [3.8, 4) is 5.75 Å². The smallest absolute Gasteiger partial charge is 0.414 e. The van der Waals surface area contributed by atoms with Gasteiger partial charge in [0.15, 0.2) is 0 Å². The number of ether oxygens (including phenoxy) is 1. The molecule has 0 saturated carbocycles. The van der Waals surface area contributed by atoms with Gasteiger partial charge in [-0.25, -0.2) is 9.59 Å². The second kappa shape index (κ2) is 11.8. The minimum atomic E-state index is -1.82. The van der Waals surface area contributed by atoms with Crippen LogP contribution in [0.25, 0.3) is 0 Å². The third kappa shape index (κ3) is 9.06. The number of likely N-dealkylation sites (tertiary alicyclic amines) is 1. The van der Waals surface area contributed by atoms with E-state index in [1.54, 1.807) is 0 Å². The average Bonchev–Trinajstić information content (AvgIpc) is 2.59. The molecule has 0 bridgehead atoms. The fourth-order valence-electron chi connectivity index (χ4n) is 2.63. The van der Waals surface area contributed by atoms with Crippen molar-refractivity contribution in [2.24, 2.45) is 5.92 Å². The van der Waals surface area contributed by atoms with Crippen LogP contribution >= 0.6 is 11.6 Å². The number of nitrogens with zero attached hydrogens (tertiary/aromatic N) is 1. The summed E-state index contributed by atoms with van der Waals surface area (Å²) in [6.07, 6.45) is 5.01. The van der Waals surface area contributed by atoms with Crippen molar-refractivity contribution >= 4 is 23.5 Å². The molecule has 1 saturated heterocycles. The molecule has 7 heteroatoms. The van der Waals surface area contributed by atoms with Crippen LogP contribution in [0.5, 0.6) is 5.75 Å². The van der Waals surface area contributed by atoms with Crippen molar-refractivity contribution in [2.45, 2.75) is 39.5 Å². The summed E-state index contributed by atoms with van der Waals surface area (Å²) in [5, 5.41) is 15.5. The molecular weight excluding hydrogens is 358 g/mol. The van der Waals surface area contributed by atoms with Gasteiger partial charge in [0.05, 0.1) is 11.6 Å². The van der Waals surface area contributed by atoms with Gasteiger partial charge >= 0.3 is 11.9 Å². The van der Waals surface area contributed by atoms with Crippen LogP contribution in [0.2, 0.25) is 5.02 Å². The van der Waals surface area contributed by atoms with Gasteiger partial charge < -0.3 is 19.8 Å². The molecule has 1 aliphatic heterocycles. The van der Waals surface area contributed by atoms with E-state index < -0.39 is 11.9 Å². The maximum Gasteiger partial charge on any atom is 0.414 e. The van der Waals surface area contributed by atoms with Crippen molar-refractivity contribution in [2.75, 3.05) is 26.2 Å². The van der Waals surface area contributed by atoms with Crippen LogP contribution in [-0.2, 0) is 9.59 Å². The highest BCUT2D eigenvalue weighted by atomic mass is 35.5. The van der Waals surface area contributed by atoms with Gasteiger partial charge in [0.25, 0.3) is 0 Å². The van der Waals surface area contributed by atoms with E-state index in [1.807, 2.05) is 18.2 Å². The Hall–Kier alpha value is -1.79. The SMILES string of the molecule is Cc1ccc(Cl)c(OCCCCN2CCC(C)CC2)c1.O=C(O)C(=O)O. The highest BCUT2D eigenvalue weighted by molar-refractivity contribution is 6.32. The van der Waals surface area contributed by atoms with Crippen LogP contribution < -0.4 is 4.74 Å². The Labute approximate surface area is 159 Å². The molecule has 1 heterocycles. The Kier molecular flexibility index (Phi) is 10.1. The number of rotatable bonds is 6. The number of benzene rings is 1. The van der Waals surface area contributed by atoms with Gasteiger partial charge in [-0.3, -0.25) is 0 Å². The Morgan fingerprint density at radius 3 is 2.38 bits per heavy atom. The standard InChI is InChI=1S/C17H26ClNO.C2H2O4/c1-14-7-10-19(11-8-14)9-3-4-12-20-17-13-15(2)5-6-16(17)18;3-1(4)2(5)6/h5-6,13-14H,3-4,7-12H2,1-2H3;(H,3,4)(H,5,6). The number of aliphatic carboxylic acids is 2. The summed E-state index contributed by atoms with van der Waals surface area (Å²) < 4.78 is 5.77. The van der Waals surface area contributed by atoms with Gasteiger partial charge in [0.1, 0.15) is 5.75 Å². The molecule has 1 aromatic rings. The Morgan fingerprint density at radius 1 is 1.19 bits per heavy atom. The number of unbranched alkanes of at least 4 members (excludes halogenated alkanes) is 1. The number of halogens is 1. The zero-order valence-electron chi connectivity index (χ0n) is 15.4. The number of aryl methyl sites for hydroxylation is 1. The van der Waals surface area contributed by atoms with Gasteiger partial charge in [-0.2, -0.15) is 0 Å². The number of carboxylic acids is 2. The summed E-state index contributed by atoms with van der Waals surface area (Å²) in [7, 11) is 0. The molecule has 26 heavy (non-hydrogen) atoms. The summed E-state index contributed by atoms with van der Waals surface area (Å²) in [4.78, 5) is 20.8. The van der Waals surface area contributed by atoms with Crippen LogP contribution in [0.1, 0.15) is 38.2 Å². The molecule has 0 spiro atoms. The van der Waals surface area contributed by atoms with Crippen LogP contribution in [0, 0.1) is 12.8 Å². The molecule has 1 aliphatic rings. The van der Waals surface area contributed by atoms with Crippen molar-refractivity contribution in [1.82, 2.24) is 4.90 Å². The van der Waals surface area contributed by atoms with E-state index in [-0.39, 0.29) is 0 Å². The summed E-state index contributed by atoms with van der Waals surface area (Å²) in [5.74, 6) is -1.92. The number of hydrogen-bond acceptors (Lipinski definition) is 4. The molecule has 0 amide bonds. The third-order valence-electron chi connectivity index (χ3n) is 4.27. The van der Waals surface area contributed by atoms with Crippen LogP contribution in [0.4, 0.5) is 0 Å². The highest BCUT2D eigenvalue weighted by Crippen LogP contribution is 2.25. The molecule has 1 aromatic carbocycles. The highest BCUT2D eigenvalue weighted by Gasteiger charge is 2.14. The Balaban J connectivity index is 0.000000487. The fourth-order valence-corrected chi connectivity index (χ4v) is 2.80. The molecule has 2 rings (SSSR count). The summed E-state index contributed by atoms with van der Waals surface area (Å²) in [6, 6.07) is 5.92. The second-order valence-electron chi connectivity index (χ2n) is 6.62. The summed E-state index contributed by atoms with van der Waals surface area (Å²) >= 11 is 6.11. The van der Waals surface area contributed by atoms with E-state index in [2.05, 4.69) is 18.7 Å². The maximum atomic E-state index is 9.10. The first-order valence-electron chi connectivity index (χ1n) is 8.87. The maximum absolute atomic E-state index is 9.10. The molecule has 1 fully saturated rings. The lowest BCUT2D eigenvalue weighted by molar-refractivity contribution is -0.159. The van der Waals surface area contributed by atoms with E-state index >= 15 is 0 Å². The number of carboxylic acid groups (broad SMARTS) is 2. The Bertz CT molecular complexity index is 573. The van der Waals surface area contributed by atoms with Crippen molar-refractivity contribution < 1.29 is 24.5 Å². The number of piperidine rings is 1. The minimum absolute atomic E-state index is 0.709. The van der Waals surface area contributed by atoms with E-state index in [9.17, 15) is 0 Å². The fraction of sp³-hybridized carbons (Fsp3) is 0.579. The molecular formula is C19H28ClNO5. The predicted octanol–water partition coefficient (Wildman–Crippen LogP) is 3.69. The van der Waals surface area contributed by atoms with Crippen LogP contribution in [0.3, 0.4) is 0 Å². The average molecular weight is 386 g/mol. The third-order valence-corrected chi connectivity index (χ3v) is 4.58. The lowest BCUT2D eigenvalue weighted by Gasteiger charge is -2.30. The first kappa shape index (κ1) is 22.3. The normalized spacial score (nSPS) is 15.0. The number of hydrogen-bond donors (Lipinski definition) is 2. The van der Waals surface area contributed by atoms with Gasteiger partial charge in [-0.1, -0.05) is 24.6 Å². The molecule has 0 unspecified atom stereocenters. The zero-order valence-corrected chi connectivity index (χ0v) is 16.2. The number of carbonyl (C=O) groups is 2. The van der Waals surface area contributed by atoms with E-state index in [4.69, 9.17) is 36.1 Å².